The Morgan fingerprint density at radius 2 is 2.13 bits per heavy atom. The van der Waals surface area contributed by atoms with E-state index >= 15 is 0 Å². The quantitative estimate of drug-likeness (QED) is 0.678. The summed E-state index contributed by atoms with van der Waals surface area (Å²) in [6.07, 6.45) is 1.09. The fourth-order valence-corrected chi connectivity index (χ4v) is 3.85. The van der Waals surface area contributed by atoms with Gasteiger partial charge >= 0.3 is 0 Å². The summed E-state index contributed by atoms with van der Waals surface area (Å²) >= 11 is 10.0. The molecule has 0 aliphatic rings. The summed E-state index contributed by atoms with van der Waals surface area (Å²) in [5.74, 6) is 0. The highest BCUT2D eigenvalue weighted by Crippen LogP contribution is 2.36. The third-order valence-electron chi connectivity index (χ3n) is 2.45. The molecule has 0 saturated heterocycles. The minimum Gasteiger partial charge on any atom is -0.152 e. The molecule has 0 aliphatic carbocycles. The lowest BCUT2D eigenvalue weighted by Crippen LogP contribution is -1.89. The number of alkyl halides is 1. The first-order chi connectivity index (χ1) is 7.22. The minimum atomic E-state index is 0.0292. The van der Waals surface area contributed by atoms with Crippen molar-refractivity contribution in [2.45, 2.75) is 25.6 Å². The normalized spacial score (nSPS) is 13.0. The molecule has 0 N–H and O–H groups in total. The molecule has 0 aliphatic heterocycles. The van der Waals surface area contributed by atoms with Crippen LogP contribution < -0.4 is 0 Å². The van der Waals surface area contributed by atoms with Crippen LogP contribution in [0.4, 0.5) is 0 Å². The second-order valence-electron chi connectivity index (χ2n) is 3.53. The predicted octanol–water partition coefficient (Wildman–Crippen LogP) is 5.01. The second kappa shape index (κ2) is 4.69. The van der Waals surface area contributed by atoms with Gasteiger partial charge in [-0.2, -0.15) is 11.3 Å². The third-order valence-corrected chi connectivity index (χ3v) is 5.22. The van der Waals surface area contributed by atoms with Crippen molar-refractivity contribution in [1.82, 2.24) is 0 Å². The molecule has 1 unspecified atom stereocenters. The molecule has 0 bridgehead atoms. The van der Waals surface area contributed by atoms with Gasteiger partial charge in [0.15, 0.2) is 0 Å². The SMILES string of the molecule is CCc1ccc(C(Cl)c2cscc2C)s1. The van der Waals surface area contributed by atoms with Gasteiger partial charge in [0.05, 0.1) is 5.38 Å². The van der Waals surface area contributed by atoms with E-state index < -0.39 is 0 Å². The van der Waals surface area contributed by atoms with E-state index in [1.807, 2.05) is 11.3 Å². The molecular weight excluding hydrogens is 244 g/mol. The number of hydrogen-bond donors (Lipinski definition) is 0. The van der Waals surface area contributed by atoms with Crippen LogP contribution in [-0.2, 0) is 6.42 Å². The Balaban J connectivity index is 2.28. The van der Waals surface area contributed by atoms with Crippen molar-refractivity contribution in [2.75, 3.05) is 0 Å². The van der Waals surface area contributed by atoms with E-state index in [0.717, 1.165) is 6.42 Å². The zero-order chi connectivity index (χ0) is 10.8. The lowest BCUT2D eigenvalue weighted by molar-refractivity contribution is 1.17. The largest absolute Gasteiger partial charge is 0.152 e. The van der Waals surface area contributed by atoms with Gasteiger partial charge < -0.3 is 0 Å². The zero-order valence-electron chi connectivity index (χ0n) is 8.79. The Morgan fingerprint density at radius 3 is 2.67 bits per heavy atom. The highest BCUT2D eigenvalue weighted by molar-refractivity contribution is 7.12. The molecular formula is C12H13ClS2. The van der Waals surface area contributed by atoms with E-state index in [2.05, 4.69) is 36.7 Å². The lowest BCUT2D eigenvalue weighted by atomic mass is 10.1. The summed E-state index contributed by atoms with van der Waals surface area (Å²) in [5, 5.41) is 4.33. The standard InChI is InChI=1S/C12H13ClS2/c1-3-9-4-5-11(15-9)12(13)10-7-14-6-8(10)2/h4-7,12H,3H2,1-2H3. The molecule has 2 heterocycles. The molecule has 0 radical (unpaired) electrons. The molecule has 1 atom stereocenters. The van der Waals surface area contributed by atoms with Gasteiger partial charge in [0.25, 0.3) is 0 Å². The number of aryl methyl sites for hydroxylation is 2. The van der Waals surface area contributed by atoms with E-state index in [1.165, 1.54) is 20.9 Å². The first-order valence-corrected chi connectivity index (χ1v) is 7.17. The second-order valence-corrected chi connectivity index (χ2v) is 5.91. The predicted molar refractivity (Wildman–Crippen MR) is 70.4 cm³/mol. The number of hydrogen-bond acceptors (Lipinski definition) is 2. The molecule has 2 aromatic heterocycles. The highest BCUT2D eigenvalue weighted by atomic mass is 35.5. The topological polar surface area (TPSA) is 0 Å². The number of halogens is 1. The molecule has 0 amide bonds. The van der Waals surface area contributed by atoms with Crippen molar-refractivity contribution in [3.05, 3.63) is 43.8 Å². The van der Waals surface area contributed by atoms with Crippen molar-refractivity contribution in [3.63, 3.8) is 0 Å². The third kappa shape index (κ3) is 2.27. The van der Waals surface area contributed by atoms with Crippen LogP contribution in [-0.4, -0.2) is 0 Å². The van der Waals surface area contributed by atoms with Gasteiger partial charge in [-0.25, -0.2) is 0 Å². The smallest absolute Gasteiger partial charge is 0.0938 e. The monoisotopic (exact) mass is 256 g/mol. The van der Waals surface area contributed by atoms with Gasteiger partial charge in [0.2, 0.25) is 0 Å². The van der Waals surface area contributed by atoms with Gasteiger partial charge in [-0.05, 0) is 47.4 Å². The first-order valence-electron chi connectivity index (χ1n) is 4.97. The number of thiophene rings is 2. The van der Waals surface area contributed by atoms with Crippen molar-refractivity contribution >= 4 is 34.3 Å². The van der Waals surface area contributed by atoms with E-state index in [4.69, 9.17) is 11.6 Å². The van der Waals surface area contributed by atoms with Crippen LogP contribution in [0.3, 0.4) is 0 Å². The summed E-state index contributed by atoms with van der Waals surface area (Å²) in [4.78, 5) is 2.67. The Kier molecular flexibility index (Phi) is 3.49. The molecule has 0 nitrogen and oxygen atoms in total. The summed E-state index contributed by atoms with van der Waals surface area (Å²) in [6, 6.07) is 4.33. The zero-order valence-corrected chi connectivity index (χ0v) is 11.2. The molecule has 80 valence electrons. The number of rotatable bonds is 3. The van der Waals surface area contributed by atoms with Gasteiger partial charge in [-0.1, -0.05) is 6.92 Å². The Hall–Kier alpha value is -0.310. The molecule has 2 rings (SSSR count). The van der Waals surface area contributed by atoms with Gasteiger partial charge in [0, 0.05) is 9.75 Å². The maximum Gasteiger partial charge on any atom is 0.0938 e. The van der Waals surface area contributed by atoms with E-state index in [-0.39, 0.29) is 5.38 Å². The van der Waals surface area contributed by atoms with Crippen molar-refractivity contribution < 1.29 is 0 Å². The molecule has 0 spiro atoms. The van der Waals surface area contributed by atoms with Crippen LogP contribution in [0.1, 0.15) is 33.2 Å². The average molecular weight is 257 g/mol. The summed E-state index contributed by atoms with van der Waals surface area (Å²) in [7, 11) is 0. The van der Waals surface area contributed by atoms with Crippen LogP contribution in [0.25, 0.3) is 0 Å². The Morgan fingerprint density at radius 1 is 1.33 bits per heavy atom. The Labute approximate surface area is 104 Å². The highest BCUT2D eigenvalue weighted by Gasteiger charge is 2.15. The van der Waals surface area contributed by atoms with Crippen LogP contribution >= 0.6 is 34.3 Å². The van der Waals surface area contributed by atoms with E-state index in [9.17, 15) is 0 Å². The molecule has 0 aromatic carbocycles. The van der Waals surface area contributed by atoms with Crippen LogP contribution in [0.5, 0.6) is 0 Å². The van der Waals surface area contributed by atoms with Crippen molar-refractivity contribution in [2.24, 2.45) is 0 Å². The maximum atomic E-state index is 6.47. The van der Waals surface area contributed by atoms with Gasteiger partial charge in [-0.15, -0.1) is 22.9 Å². The molecule has 3 heteroatoms. The minimum absolute atomic E-state index is 0.0292. The lowest BCUT2D eigenvalue weighted by Gasteiger charge is -2.06. The van der Waals surface area contributed by atoms with Crippen molar-refractivity contribution in [1.29, 1.82) is 0 Å². The fourth-order valence-electron chi connectivity index (χ4n) is 1.50. The van der Waals surface area contributed by atoms with Crippen molar-refractivity contribution in [3.8, 4) is 0 Å². The maximum absolute atomic E-state index is 6.47. The van der Waals surface area contributed by atoms with E-state index in [1.54, 1.807) is 11.3 Å². The van der Waals surface area contributed by atoms with E-state index in [0.29, 0.717) is 0 Å². The molecule has 0 saturated carbocycles. The Bertz CT molecular complexity index is 442. The van der Waals surface area contributed by atoms with Gasteiger partial charge in [-0.3, -0.25) is 0 Å². The van der Waals surface area contributed by atoms with Crippen LogP contribution in [0.2, 0.25) is 0 Å². The summed E-state index contributed by atoms with van der Waals surface area (Å²) in [6.45, 7) is 4.30. The molecule has 2 aromatic rings. The fraction of sp³-hybridized carbons (Fsp3) is 0.333. The molecule has 0 fully saturated rings. The van der Waals surface area contributed by atoms with Crippen LogP contribution in [0.15, 0.2) is 22.9 Å². The molecule has 15 heavy (non-hydrogen) atoms. The summed E-state index contributed by atoms with van der Waals surface area (Å²) in [5.41, 5.74) is 2.55. The van der Waals surface area contributed by atoms with Gasteiger partial charge in [0.1, 0.15) is 0 Å². The van der Waals surface area contributed by atoms with Crippen LogP contribution in [0, 0.1) is 6.92 Å². The summed E-state index contributed by atoms with van der Waals surface area (Å²) < 4.78 is 0. The first kappa shape index (κ1) is 11.2. The average Bonchev–Trinajstić information content (AvgIpc) is 2.84.